The van der Waals surface area contributed by atoms with Crippen molar-refractivity contribution in [1.29, 1.82) is 0 Å². The van der Waals surface area contributed by atoms with E-state index in [4.69, 9.17) is 9.47 Å². The summed E-state index contributed by atoms with van der Waals surface area (Å²) in [4.78, 5) is 11.6. The molecular formula is C17H33NO3. The van der Waals surface area contributed by atoms with E-state index in [0.29, 0.717) is 0 Å². The van der Waals surface area contributed by atoms with Gasteiger partial charge in [0.1, 0.15) is 6.10 Å². The molecule has 1 aliphatic rings. The van der Waals surface area contributed by atoms with E-state index in [2.05, 4.69) is 12.2 Å². The van der Waals surface area contributed by atoms with Crippen molar-refractivity contribution in [2.24, 2.45) is 0 Å². The molecule has 1 aliphatic heterocycles. The molecule has 0 aromatic heterocycles. The van der Waals surface area contributed by atoms with Crippen LogP contribution >= 0.6 is 0 Å². The molecule has 0 aromatic rings. The first-order valence-corrected chi connectivity index (χ1v) is 8.83. The molecule has 1 rings (SSSR count). The number of hydrogen-bond donors (Lipinski definition) is 1. The van der Waals surface area contributed by atoms with Crippen molar-refractivity contribution < 1.29 is 14.3 Å². The van der Waals surface area contributed by atoms with Crippen LogP contribution in [-0.2, 0) is 9.47 Å². The van der Waals surface area contributed by atoms with Crippen molar-refractivity contribution in [2.45, 2.75) is 96.8 Å². The quantitative estimate of drug-likeness (QED) is 0.466. The molecule has 1 heterocycles. The Kier molecular flexibility index (Phi) is 10.3. The minimum Gasteiger partial charge on any atom is -0.431 e. The topological polar surface area (TPSA) is 47.6 Å². The molecule has 2 atom stereocenters. The molecule has 4 heteroatoms. The summed E-state index contributed by atoms with van der Waals surface area (Å²) in [5.41, 5.74) is 0. The predicted molar refractivity (Wildman–Crippen MR) is 85.3 cm³/mol. The minimum atomic E-state index is -0.523. The maximum Gasteiger partial charge on any atom is 0.510 e. The summed E-state index contributed by atoms with van der Waals surface area (Å²) >= 11 is 0. The van der Waals surface area contributed by atoms with E-state index in [1.165, 1.54) is 38.5 Å². The number of piperidine rings is 1. The fourth-order valence-electron chi connectivity index (χ4n) is 2.68. The van der Waals surface area contributed by atoms with Crippen LogP contribution in [0.15, 0.2) is 0 Å². The molecule has 4 nitrogen and oxygen atoms in total. The standard InChI is InChI=1S/C17H33NO3/c1-3-4-5-6-7-8-9-12-15(2)20-17(19)21-16-13-10-11-14-18-16/h15-16,18H,3-14H2,1-2H3. The maximum atomic E-state index is 11.6. The minimum absolute atomic E-state index is 0.0447. The summed E-state index contributed by atoms with van der Waals surface area (Å²) in [6, 6.07) is 0. The van der Waals surface area contributed by atoms with Crippen LogP contribution in [0, 0.1) is 0 Å². The van der Waals surface area contributed by atoms with Crippen molar-refractivity contribution in [3.8, 4) is 0 Å². The van der Waals surface area contributed by atoms with Gasteiger partial charge >= 0.3 is 6.16 Å². The second-order valence-electron chi connectivity index (χ2n) is 6.14. The van der Waals surface area contributed by atoms with Gasteiger partial charge in [-0.3, -0.25) is 5.32 Å². The fraction of sp³-hybridized carbons (Fsp3) is 0.941. The molecule has 1 N–H and O–H groups in total. The molecule has 1 saturated heterocycles. The Morgan fingerprint density at radius 1 is 1.14 bits per heavy atom. The summed E-state index contributed by atoms with van der Waals surface area (Å²) in [5.74, 6) is 0. The van der Waals surface area contributed by atoms with Crippen molar-refractivity contribution >= 4 is 6.16 Å². The number of rotatable bonds is 10. The van der Waals surface area contributed by atoms with Crippen molar-refractivity contribution in [3.63, 3.8) is 0 Å². The van der Waals surface area contributed by atoms with Gasteiger partial charge in [-0.05, 0) is 45.6 Å². The number of nitrogens with one attached hydrogen (secondary N) is 1. The Morgan fingerprint density at radius 3 is 2.52 bits per heavy atom. The molecule has 0 aromatic carbocycles. The van der Waals surface area contributed by atoms with E-state index < -0.39 is 6.16 Å². The van der Waals surface area contributed by atoms with Crippen LogP contribution in [0.2, 0.25) is 0 Å². The first-order valence-electron chi connectivity index (χ1n) is 8.83. The third-order valence-corrected chi connectivity index (χ3v) is 4.02. The molecular weight excluding hydrogens is 266 g/mol. The van der Waals surface area contributed by atoms with Gasteiger partial charge in [0.25, 0.3) is 0 Å². The lowest BCUT2D eigenvalue weighted by Crippen LogP contribution is -2.38. The van der Waals surface area contributed by atoms with Gasteiger partial charge in [-0.2, -0.15) is 0 Å². The lowest BCUT2D eigenvalue weighted by Gasteiger charge is -2.23. The Morgan fingerprint density at radius 2 is 1.86 bits per heavy atom. The van der Waals surface area contributed by atoms with Crippen LogP contribution in [-0.4, -0.2) is 25.0 Å². The van der Waals surface area contributed by atoms with Gasteiger partial charge in [0.2, 0.25) is 0 Å². The number of carbonyl (C=O) groups excluding carboxylic acids is 1. The Hall–Kier alpha value is -0.770. The monoisotopic (exact) mass is 299 g/mol. The highest BCUT2D eigenvalue weighted by Crippen LogP contribution is 2.13. The summed E-state index contributed by atoms with van der Waals surface area (Å²) in [6.07, 6.45) is 12.3. The third-order valence-electron chi connectivity index (χ3n) is 4.02. The van der Waals surface area contributed by atoms with Gasteiger partial charge in [0.05, 0.1) is 0 Å². The van der Waals surface area contributed by atoms with Crippen LogP contribution in [0.5, 0.6) is 0 Å². The normalized spacial score (nSPS) is 20.0. The molecule has 0 aliphatic carbocycles. The molecule has 0 radical (unpaired) electrons. The maximum absolute atomic E-state index is 11.6. The van der Waals surface area contributed by atoms with Crippen LogP contribution in [0.25, 0.3) is 0 Å². The third kappa shape index (κ3) is 9.72. The highest BCUT2D eigenvalue weighted by atomic mass is 16.7. The molecule has 124 valence electrons. The molecule has 1 fully saturated rings. The summed E-state index contributed by atoms with van der Waals surface area (Å²) in [5, 5.41) is 3.18. The van der Waals surface area contributed by atoms with Crippen molar-refractivity contribution in [3.05, 3.63) is 0 Å². The number of carbonyl (C=O) groups is 1. The van der Waals surface area contributed by atoms with Crippen LogP contribution in [0.3, 0.4) is 0 Å². The molecule has 0 saturated carbocycles. The Labute approximate surface area is 130 Å². The largest absolute Gasteiger partial charge is 0.510 e. The lowest BCUT2D eigenvalue weighted by atomic mass is 10.1. The second-order valence-corrected chi connectivity index (χ2v) is 6.14. The SMILES string of the molecule is CCCCCCCCCC(C)OC(=O)OC1CCCCN1. The van der Waals surface area contributed by atoms with E-state index >= 15 is 0 Å². The van der Waals surface area contributed by atoms with E-state index in [1.807, 2.05) is 6.92 Å². The Balaban J connectivity index is 1.96. The molecule has 0 spiro atoms. The van der Waals surface area contributed by atoms with Gasteiger partial charge in [-0.1, -0.05) is 45.4 Å². The molecule has 21 heavy (non-hydrogen) atoms. The Bertz CT molecular complexity index is 265. The van der Waals surface area contributed by atoms with Crippen LogP contribution in [0.1, 0.15) is 84.5 Å². The van der Waals surface area contributed by atoms with Gasteiger partial charge in [-0.15, -0.1) is 0 Å². The summed E-state index contributed by atoms with van der Waals surface area (Å²) in [6.45, 7) is 5.11. The predicted octanol–water partition coefficient (Wildman–Crippen LogP) is 4.77. The zero-order chi connectivity index (χ0) is 15.3. The van der Waals surface area contributed by atoms with Crippen LogP contribution in [0.4, 0.5) is 4.79 Å². The van der Waals surface area contributed by atoms with E-state index in [-0.39, 0.29) is 12.3 Å². The van der Waals surface area contributed by atoms with E-state index in [0.717, 1.165) is 38.6 Å². The summed E-state index contributed by atoms with van der Waals surface area (Å²) in [7, 11) is 0. The number of unbranched alkanes of at least 4 members (excludes halogenated alkanes) is 6. The van der Waals surface area contributed by atoms with Gasteiger partial charge in [0, 0.05) is 0 Å². The zero-order valence-electron chi connectivity index (χ0n) is 13.9. The van der Waals surface area contributed by atoms with Gasteiger partial charge < -0.3 is 9.47 Å². The fourth-order valence-corrected chi connectivity index (χ4v) is 2.68. The van der Waals surface area contributed by atoms with E-state index in [9.17, 15) is 4.79 Å². The summed E-state index contributed by atoms with van der Waals surface area (Å²) < 4.78 is 10.6. The van der Waals surface area contributed by atoms with Crippen molar-refractivity contribution in [2.75, 3.05) is 6.54 Å². The van der Waals surface area contributed by atoms with Crippen LogP contribution < -0.4 is 5.32 Å². The van der Waals surface area contributed by atoms with Gasteiger partial charge in [-0.25, -0.2) is 4.79 Å². The van der Waals surface area contributed by atoms with Crippen molar-refractivity contribution in [1.82, 2.24) is 5.32 Å². The van der Waals surface area contributed by atoms with Gasteiger partial charge in [0.15, 0.2) is 6.23 Å². The first-order chi connectivity index (χ1) is 10.2. The average Bonchev–Trinajstić information content (AvgIpc) is 2.47. The zero-order valence-corrected chi connectivity index (χ0v) is 13.9. The molecule has 0 amide bonds. The average molecular weight is 299 g/mol. The lowest BCUT2D eigenvalue weighted by molar-refractivity contribution is -0.0162. The highest BCUT2D eigenvalue weighted by molar-refractivity contribution is 5.60. The molecule has 0 bridgehead atoms. The second kappa shape index (κ2) is 11.8. The number of ether oxygens (including phenoxy) is 2. The molecule has 2 unspecified atom stereocenters. The first kappa shape index (κ1) is 18.3. The number of hydrogen-bond acceptors (Lipinski definition) is 4. The highest BCUT2D eigenvalue weighted by Gasteiger charge is 2.19. The smallest absolute Gasteiger partial charge is 0.431 e. The van der Waals surface area contributed by atoms with E-state index in [1.54, 1.807) is 0 Å².